The maximum absolute atomic E-state index is 12.0. The van der Waals surface area contributed by atoms with Crippen molar-refractivity contribution < 1.29 is 25.2 Å². The highest BCUT2D eigenvalue weighted by atomic mass is 32.2. The van der Waals surface area contributed by atoms with Crippen molar-refractivity contribution in [3.8, 4) is 0 Å². The fourth-order valence-corrected chi connectivity index (χ4v) is 4.15. The molecule has 0 N–H and O–H groups in total. The molecule has 0 heterocycles. The first-order valence-electron chi connectivity index (χ1n) is 8.63. The minimum atomic E-state index is -3.76. The van der Waals surface area contributed by atoms with Crippen LogP contribution in [0.5, 0.6) is 0 Å². The van der Waals surface area contributed by atoms with Gasteiger partial charge in [-0.2, -0.15) is 16.8 Å². The summed E-state index contributed by atoms with van der Waals surface area (Å²) in [6, 6.07) is 12.9. The molecule has 2 aromatic carbocycles. The fraction of sp³-hybridized carbons (Fsp3) is 0.368. The Morgan fingerprint density at radius 2 is 0.926 bits per heavy atom. The van der Waals surface area contributed by atoms with Crippen LogP contribution < -0.4 is 0 Å². The SMILES string of the molecule is Cc1ccc(S(=O)(=O)OCCCCCOS(=O)(=O)c2ccc(C)cc2)cc1. The second-order valence-corrected chi connectivity index (χ2v) is 9.47. The van der Waals surface area contributed by atoms with Crippen molar-refractivity contribution in [1.82, 2.24) is 0 Å². The van der Waals surface area contributed by atoms with Crippen LogP contribution in [0.25, 0.3) is 0 Å². The Kier molecular flexibility index (Phi) is 7.55. The molecule has 0 unspecified atom stereocenters. The van der Waals surface area contributed by atoms with E-state index in [9.17, 15) is 16.8 Å². The average Bonchev–Trinajstić information content (AvgIpc) is 2.61. The summed E-state index contributed by atoms with van der Waals surface area (Å²) in [5, 5.41) is 0. The zero-order valence-corrected chi connectivity index (χ0v) is 17.1. The van der Waals surface area contributed by atoms with Crippen LogP contribution in [0.4, 0.5) is 0 Å². The molecule has 0 amide bonds. The molecule has 2 aromatic rings. The van der Waals surface area contributed by atoms with Gasteiger partial charge in [0.1, 0.15) is 0 Å². The Labute approximate surface area is 161 Å². The van der Waals surface area contributed by atoms with Crippen molar-refractivity contribution in [2.45, 2.75) is 42.9 Å². The lowest BCUT2D eigenvalue weighted by molar-refractivity contribution is 0.284. The van der Waals surface area contributed by atoms with E-state index < -0.39 is 20.2 Å². The van der Waals surface area contributed by atoms with E-state index in [2.05, 4.69) is 0 Å². The van der Waals surface area contributed by atoms with Gasteiger partial charge in [-0.15, -0.1) is 0 Å². The predicted molar refractivity (Wildman–Crippen MR) is 102 cm³/mol. The first-order chi connectivity index (χ1) is 12.7. The number of benzene rings is 2. The van der Waals surface area contributed by atoms with Gasteiger partial charge in [-0.05, 0) is 57.4 Å². The molecule has 6 nitrogen and oxygen atoms in total. The molecular formula is C19H24O6S2. The lowest BCUT2D eigenvalue weighted by Gasteiger charge is -2.07. The first-order valence-corrected chi connectivity index (χ1v) is 11.4. The maximum Gasteiger partial charge on any atom is 0.296 e. The third-order valence-electron chi connectivity index (χ3n) is 3.88. The predicted octanol–water partition coefficient (Wildman–Crippen LogP) is 3.58. The molecule has 0 atom stereocenters. The number of hydrogen-bond acceptors (Lipinski definition) is 6. The summed E-state index contributed by atoms with van der Waals surface area (Å²) in [7, 11) is -7.52. The molecular weight excluding hydrogens is 388 g/mol. The van der Waals surface area contributed by atoms with Gasteiger partial charge in [-0.3, -0.25) is 8.37 Å². The normalized spacial score (nSPS) is 12.2. The van der Waals surface area contributed by atoms with Gasteiger partial charge in [-0.1, -0.05) is 35.4 Å². The monoisotopic (exact) mass is 412 g/mol. The molecule has 0 aliphatic rings. The van der Waals surface area contributed by atoms with Crippen molar-refractivity contribution in [2.24, 2.45) is 0 Å². The van der Waals surface area contributed by atoms with Gasteiger partial charge in [0, 0.05) is 0 Å². The van der Waals surface area contributed by atoms with Crippen molar-refractivity contribution in [3.05, 3.63) is 59.7 Å². The van der Waals surface area contributed by atoms with Gasteiger partial charge in [-0.25, -0.2) is 0 Å². The fourth-order valence-electron chi connectivity index (χ4n) is 2.26. The third-order valence-corrected chi connectivity index (χ3v) is 6.54. The van der Waals surface area contributed by atoms with Crippen LogP contribution in [0, 0.1) is 13.8 Å². The van der Waals surface area contributed by atoms with Gasteiger partial charge < -0.3 is 0 Å². The molecule has 8 heteroatoms. The number of aryl methyl sites for hydroxylation is 2. The minimum Gasteiger partial charge on any atom is -0.266 e. The largest absolute Gasteiger partial charge is 0.296 e. The molecule has 0 radical (unpaired) electrons. The van der Waals surface area contributed by atoms with E-state index in [0.29, 0.717) is 19.3 Å². The third kappa shape index (κ3) is 6.73. The van der Waals surface area contributed by atoms with Crippen LogP contribution in [0.15, 0.2) is 58.3 Å². The zero-order valence-electron chi connectivity index (χ0n) is 15.4. The van der Waals surface area contributed by atoms with Crippen molar-refractivity contribution in [2.75, 3.05) is 13.2 Å². The highest BCUT2D eigenvalue weighted by Crippen LogP contribution is 2.15. The average molecular weight is 413 g/mol. The van der Waals surface area contributed by atoms with Crippen molar-refractivity contribution in [1.29, 1.82) is 0 Å². The molecule has 0 aliphatic heterocycles. The van der Waals surface area contributed by atoms with Gasteiger partial charge >= 0.3 is 0 Å². The summed E-state index contributed by atoms with van der Waals surface area (Å²) >= 11 is 0. The van der Waals surface area contributed by atoms with Gasteiger partial charge in [0.05, 0.1) is 23.0 Å². The van der Waals surface area contributed by atoms with E-state index in [4.69, 9.17) is 8.37 Å². The highest BCUT2D eigenvalue weighted by Gasteiger charge is 2.15. The van der Waals surface area contributed by atoms with Gasteiger partial charge in [0.15, 0.2) is 0 Å². The second-order valence-electron chi connectivity index (χ2n) is 6.24. The Hall–Kier alpha value is -1.74. The Morgan fingerprint density at radius 3 is 1.26 bits per heavy atom. The topological polar surface area (TPSA) is 86.7 Å². The number of rotatable bonds is 10. The van der Waals surface area contributed by atoms with Crippen LogP contribution >= 0.6 is 0 Å². The molecule has 2 rings (SSSR count). The lowest BCUT2D eigenvalue weighted by atomic mass is 10.2. The van der Waals surface area contributed by atoms with Gasteiger partial charge in [0.2, 0.25) is 0 Å². The number of hydrogen-bond donors (Lipinski definition) is 0. The smallest absolute Gasteiger partial charge is 0.266 e. The molecule has 0 bridgehead atoms. The summed E-state index contributed by atoms with van der Waals surface area (Å²) in [6.45, 7) is 3.83. The highest BCUT2D eigenvalue weighted by molar-refractivity contribution is 7.87. The zero-order chi connectivity index (χ0) is 19.9. The van der Waals surface area contributed by atoms with E-state index in [0.717, 1.165) is 11.1 Å². The summed E-state index contributed by atoms with van der Waals surface area (Å²) < 4.78 is 58.1. The minimum absolute atomic E-state index is 0.0426. The molecule has 27 heavy (non-hydrogen) atoms. The second kappa shape index (κ2) is 9.45. The van der Waals surface area contributed by atoms with Crippen LogP contribution in [-0.2, 0) is 28.6 Å². The molecule has 148 valence electrons. The van der Waals surface area contributed by atoms with E-state index >= 15 is 0 Å². The van der Waals surface area contributed by atoms with E-state index in [1.807, 2.05) is 13.8 Å². The molecule has 0 aromatic heterocycles. The standard InChI is InChI=1S/C19H24O6S2/c1-16-6-10-18(11-7-16)26(20,21)24-14-4-3-5-15-25-27(22,23)19-12-8-17(2)9-13-19/h6-13H,3-5,14-15H2,1-2H3. The summed E-state index contributed by atoms with van der Waals surface area (Å²) in [5.41, 5.74) is 1.93. The van der Waals surface area contributed by atoms with E-state index in [-0.39, 0.29) is 23.0 Å². The van der Waals surface area contributed by atoms with Crippen LogP contribution in [-0.4, -0.2) is 30.0 Å². The first kappa shape index (κ1) is 21.6. The molecule has 0 saturated carbocycles. The Bertz CT molecular complexity index is 851. The van der Waals surface area contributed by atoms with Gasteiger partial charge in [0.25, 0.3) is 20.2 Å². The summed E-state index contributed by atoms with van der Waals surface area (Å²) in [5.74, 6) is 0. The van der Waals surface area contributed by atoms with E-state index in [1.54, 1.807) is 24.3 Å². The molecule has 0 fully saturated rings. The van der Waals surface area contributed by atoms with Crippen LogP contribution in [0.2, 0.25) is 0 Å². The van der Waals surface area contributed by atoms with Crippen LogP contribution in [0.3, 0.4) is 0 Å². The maximum atomic E-state index is 12.0. The Morgan fingerprint density at radius 1 is 0.593 bits per heavy atom. The van der Waals surface area contributed by atoms with Crippen LogP contribution in [0.1, 0.15) is 30.4 Å². The lowest BCUT2D eigenvalue weighted by Crippen LogP contribution is -2.09. The molecule has 0 aliphatic carbocycles. The van der Waals surface area contributed by atoms with Crippen molar-refractivity contribution in [3.63, 3.8) is 0 Å². The quantitative estimate of drug-likeness (QED) is 0.438. The summed E-state index contributed by atoms with van der Waals surface area (Å²) in [4.78, 5) is 0.251. The molecule has 0 spiro atoms. The Balaban J connectivity index is 1.68. The van der Waals surface area contributed by atoms with E-state index in [1.165, 1.54) is 24.3 Å². The summed E-state index contributed by atoms with van der Waals surface area (Å²) in [6.07, 6.45) is 1.56. The number of unbranched alkanes of at least 4 members (excludes halogenated alkanes) is 2. The molecule has 0 saturated heterocycles. The van der Waals surface area contributed by atoms with Crippen molar-refractivity contribution >= 4 is 20.2 Å².